The van der Waals surface area contributed by atoms with Gasteiger partial charge in [-0.25, -0.2) is 14.8 Å². The van der Waals surface area contributed by atoms with E-state index in [2.05, 4.69) is 20.6 Å². The van der Waals surface area contributed by atoms with Crippen LogP contribution in [0.15, 0.2) is 11.2 Å². The summed E-state index contributed by atoms with van der Waals surface area (Å²) in [6, 6.07) is 0.882. The maximum Gasteiger partial charge on any atom is 0.326 e. The van der Waals surface area contributed by atoms with Crippen LogP contribution in [0.5, 0.6) is 0 Å². The number of carboxylic acid groups (broad SMARTS) is 1. The summed E-state index contributed by atoms with van der Waals surface area (Å²) in [4.78, 5) is 43.1. The number of hydrogen-bond acceptors (Lipinski definition) is 6. The molecular weight excluding hydrogens is 344 g/mol. The van der Waals surface area contributed by atoms with Crippen molar-refractivity contribution in [2.24, 2.45) is 5.92 Å². The number of carbonyl (C=O) groups excluding carboxylic acids is 2. The molecule has 0 saturated heterocycles. The zero-order valence-corrected chi connectivity index (χ0v) is 15.6. The van der Waals surface area contributed by atoms with E-state index in [0.29, 0.717) is 11.6 Å². The highest BCUT2D eigenvalue weighted by Gasteiger charge is 2.21. The van der Waals surface area contributed by atoms with Gasteiger partial charge in [-0.1, -0.05) is 25.6 Å². The number of carbonyl (C=O) groups is 3. The van der Waals surface area contributed by atoms with Crippen LogP contribution in [-0.4, -0.2) is 51.2 Å². The molecule has 0 fully saturated rings. The van der Waals surface area contributed by atoms with E-state index in [1.165, 1.54) is 11.8 Å². The van der Waals surface area contributed by atoms with Gasteiger partial charge in [0.2, 0.25) is 11.8 Å². The molecule has 3 N–H and O–H groups in total. The first kappa shape index (κ1) is 20.9. The third-order valence-electron chi connectivity index (χ3n) is 3.08. The van der Waals surface area contributed by atoms with Crippen molar-refractivity contribution in [3.05, 3.63) is 17.5 Å². The Kier molecular flexibility index (Phi) is 8.33. The second-order valence-corrected chi connectivity index (χ2v) is 7.03. The third kappa shape index (κ3) is 8.48. The van der Waals surface area contributed by atoms with Crippen LogP contribution in [0.4, 0.5) is 0 Å². The number of carboxylic acids is 1. The molecule has 1 heterocycles. The molecule has 2 amide bonds. The highest BCUT2D eigenvalue weighted by atomic mass is 32.2. The number of aliphatic carboxylic acids is 1. The number of aryl methyl sites for hydroxylation is 2. The monoisotopic (exact) mass is 368 g/mol. The van der Waals surface area contributed by atoms with Crippen LogP contribution in [0, 0.1) is 19.8 Å². The van der Waals surface area contributed by atoms with Gasteiger partial charge in [0.05, 0.1) is 12.3 Å². The summed E-state index contributed by atoms with van der Waals surface area (Å²) in [6.45, 7) is 7.17. The molecule has 0 spiro atoms. The molecule has 0 aliphatic carbocycles. The van der Waals surface area contributed by atoms with Gasteiger partial charge < -0.3 is 15.7 Å². The van der Waals surface area contributed by atoms with Crippen molar-refractivity contribution < 1.29 is 19.5 Å². The van der Waals surface area contributed by atoms with Gasteiger partial charge in [-0.05, 0) is 32.3 Å². The lowest BCUT2D eigenvalue weighted by molar-refractivity contribution is -0.142. The van der Waals surface area contributed by atoms with Crippen molar-refractivity contribution in [2.75, 3.05) is 12.3 Å². The number of aromatic nitrogens is 2. The second kappa shape index (κ2) is 9.97. The predicted molar refractivity (Wildman–Crippen MR) is 94.3 cm³/mol. The Morgan fingerprint density at radius 1 is 1.16 bits per heavy atom. The van der Waals surface area contributed by atoms with Crippen molar-refractivity contribution >= 4 is 29.5 Å². The molecule has 0 aromatic carbocycles. The maximum absolute atomic E-state index is 11.8. The van der Waals surface area contributed by atoms with Crippen LogP contribution >= 0.6 is 11.8 Å². The van der Waals surface area contributed by atoms with E-state index < -0.39 is 17.9 Å². The van der Waals surface area contributed by atoms with Crippen LogP contribution in [0.3, 0.4) is 0 Å². The molecule has 0 bridgehead atoms. The van der Waals surface area contributed by atoms with E-state index >= 15 is 0 Å². The summed E-state index contributed by atoms with van der Waals surface area (Å²) in [5, 5.41) is 14.5. The smallest absolute Gasteiger partial charge is 0.326 e. The quantitative estimate of drug-likeness (QED) is 0.438. The first-order valence-corrected chi connectivity index (χ1v) is 8.90. The van der Waals surface area contributed by atoms with Gasteiger partial charge in [0.25, 0.3) is 0 Å². The number of rotatable bonds is 9. The molecule has 1 aromatic heterocycles. The molecule has 1 atom stereocenters. The lowest BCUT2D eigenvalue weighted by atomic mass is 10.0. The van der Waals surface area contributed by atoms with Crippen LogP contribution < -0.4 is 10.6 Å². The molecule has 8 nitrogen and oxygen atoms in total. The van der Waals surface area contributed by atoms with Crippen LogP contribution in [0.25, 0.3) is 0 Å². The first-order valence-electron chi connectivity index (χ1n) is 7.91. The minimum absolute atomic E-state index is 0.0739. The Morgan fingerprint density at radius 3 is 2.28 bits per heavy atom. The Hall–Kier alpha value is -2.16. The average Bonchev–Trinajstić information content (AvgIpc) is 2.48. The molecule has 25 heavy (non-hydrogen) atoms. The molecule has 0 saturated carbocycles. The van der Waals surface area contributed by atoms with Gasteiger partial charge in [-0.3, -0.25) is 9.59 Å². The fraction of sp³-hybridized carbons (Fsp3) is 0.562. The second-order valence-electron chi connectivity index (χ2n) is 6.09. The van der Waals surface area contributed by atoms with Crippen molar-refractivity contribution in [1.29, 1.82) is 0 Å². The van der Waals surface area contributed by atoms with Gasteiger partial charge in [0.15, 0.2) is 5.16 Å². The standard InChI is InChI=1S/C16H24N4O4S/c1-9(2)5-12(15(23)24)20-13(21)7-17-14(22)8-25-16-18-10(3)6-11(4)19-16/h6,9,12H,5,7-8H2,1-4H3,(H,17,22)(H,20,21)(H,23,24)/t12-/m0/s1. The molecule has 138 valence electrons. The highest BCUT2D eigenvalue weighted by molar-refractivity contribution is 7.99. The average molecular weight is 368 g/mol. The first-order chi connectivity index (χ1) is 11.7. The van der Waals surface area contributed by atoms with E-state index in [0.717, 1.165) is 11.4 Å². The maximum atomic E-state index is 11.8. The largest absolute Gasteiger partial charge is 0.480 e. The summed E-state index contributed by atoms with van der Waals surface area (Å²) < 4.78 is 0. The number of nitrogens with zero attached hydrogens (tertiary/aromatic N) is 2. The molecule has 1 aromatic rings. The summed E-state index contributed by atoms with van der Waals surface area (Å²) in [5.74, 6) is -1.77. The molecule has 0 aliphatic rings. The summed E-state index contributed by atoms with van der Waals surface area (Å²) in [7, 11) is 0. The predicted octanol–water partition coefficient (Wildman–Crippen LogP) is 0.917. The Bertz CT molecular complexity index is 616. The Labute approximate surface area is 151 Å². The summed E-state index contributed by atoms with van der Waals surface area (Å²) >= 11 is 1.18. The van der Waals surface area contributed by atoms with E-state index in [-0.39, 0.29) is 24.1 Å². The molecule has 1 rings (SSSR count). The normalized spacial score (nSPS) is 11.9. The van der Waals surface area contributed by atoms with Crippen LogP contribution in [0.2, 0.25) is 0 Å². The zero-order chi connectivity index (χ0) is 19.0. The lowest BCUT2D eigenvalue weighted by Crippen LogP contribution is -2.46. The Morgan fingerprint density at radius 2 is 1.76 bits per heavy atom. The van der Waals surface area contributed by atoms with Gasteiger partial charge in [-0.2, -0.15) is 0 Å². The van der Waals surface area contributed by atoms with Gasteiger partial charge in [0, 0.05) is 11.4 Å². The fourth-order valence-corrected chi connectivity index (χ4v) is 2.84. The fourth-order valence-electron chi connectivity index (χ4n) is 2.06. The number of thioether (sulfide) groups is 1. The number of nitrogens with one attached hydrogen (secondary N) is 2. The number of hydrogen-bond donors (Lipinski definition) is 3. The van der Waals surface area contributed by atoms with Gasteiger partial charge in [-0.15, -0.1) is 0 Å². The lowest BCUT2D eigenvalue weighted by Gasteiger charge is -2.16. The topological polar surface area (TPSA) is 121 Å². The Balaban J connectivity index is 2.39. The SMILES string of the molecule is Cc1cc(C)nc(SCC(=O)NCC(=O)N[C@@H](CC(C)C)C(=O)O)n1. The number of amides is 2. The van der Waals surface area contributed by atoms with Gasteiger partial charge >= 0.3 is 5.97 Å². The van der Waals surface area contributed by atoms with Crippen molar-refractivity contribution in [1.82, 2.24) is 20.6 Å². The molecule has 0 unspecified atom stereocenters. The summed E-state index contributed by atoms with van der Waals surface area (Å²) in [5.41, 5.74) is 1.64. The molecule has 0 aliphatic heterocycles. The third-order valence-corrected chi connectivity index (χ3v) is 3.93. The molecule has 9 heteroatoms. The minimum Gasteiger partial charge on any atom is -0.480 e. The van der Waals surface area contributed by atoms with Crippen molar-refractivity contribution in [3.63, 3.8) is 0 Å². The van der Waals surface area contributed by atoms with E-state index in [9.17, 15) is 14.4 Å². The minimum atomic E-state index is -1.09. The van der Waals surface area contributed by atoms with E-state index in [1.54, 1.807) is 0 Å². The highest BCUT2D eigenvalue weighted by Crippen LogP contribution is 2.13. The van der Waals surface area contributed by atoms with Crippen molar-refractivity contribution in [2.45, 2.75) is 45.3 Å². The van der Waals surface area contributed by atoms with Gasteiger partial charge in [0.1, 0.15) is 6.04 Å². The van der Waals surface area contributed by atoms with Crippen molar-refractivity contribution in [3.8, 4) is 0 Å². The zero-order valence-electron chi connectivity index (χ0n) is 14.8. The summed E-state index contributed by atoms with van der Waals surface area (Å²) in [6.07, 6.45) is 0.328. The van der Waals surface area contributed by atoms with Crippen LogP contribution in [0.1, 0.15) is 31.7 Å². The van der Waals surface area contributed by atoms with Crippen LogP contribution in [-0.2, 0) is 14.4 Å². The van der Waals surface area contributed by atoms with E-state index in [1.807, 2.05) is 33.8 Å². The van der Waals surface area contributed by atoms with E-state index in [4.69, 9.17) is 5.11 Å². The molecular formula is C16H24N4O4S. The molecule has 0 radical (unpaired) electrons.